The molecular weight excluding hydrogens is 424 g/mol. The van der Waals surface area contributed by atoms with Crippen molar-refractivity contribution >= 4 is 33.5 Å². The van der Waals surface area contributed by atoms with E-state index in [1.165, 1.54) is 16.9 Å². The van der Waals surface area contributed by atoms with E-state index in [1.807, 2.05) is 46.7 Å². The second-order valence-electron chi connectivity index (χ2n) is 9.49. The van der Waals surface area contributed by atoms with Crippen LogP contribution in [0.25, 0.3) is 21.3 Å². The maximum Gasteiger partial charge on any atom is 0.337 e. The summed E-state index contributed by atoms with van der Waals surface area (Å²) in [5.41, 5.74) is 3.54. The largest absolute Gasteiger partial charge is 0.479 e. The Morgan fingerprint density at radius 1 is 1.19 bits per heavy atom. The molecule has 3 aromatic heterocycles. The lowest BCUT2D eigenvalue weighted by Crippen LogP contribution is -2.28. The van der Waals surface area contributed by atoms with Crippen LogP contribution < -0.4 is 4.90 Å². The number of aryl methyl sites for hydroxylation is 3. The number of anilines is 1. The van der Waals surface area contributed by atoms with Gasteiger partial charge in [0.2, 0.25) is 5.95 Å². The molecule has 0 radical (unpaired) electrons. The van der Waals surface area contributed by atoms with Gasteiger partial charge in [0, 0.05) is 59.1 Å². The number of hydrogen-bond donors (Lipinski definition) is 1. The molecule has 1 unspecified atom stereocenters. The Labute approximate surface area is 192 Å². The van der Waals surface area contributed by atoms with Gasteiger partial charge in [-0.25, -0.2) is 19.7 Å². The van der Waals surface area contributed by atoms with Crippen molar-refractivity contribution in [3.8, 4) is 11.1 Å². The van der Waals surface area contributed by atoms with Gasteiger partial charge >= 0.3 is 5.97 Å². The maximum atomic E-state index is 12.4. The predicted octanol–water partition coefficient (Wildman–Crippen LogP) is 4.95. The quantitative estimate of drug-likeness (QED) is 0.584. The van der Waals surface area contributed by atoms with E-state index in [9.17, 15) is 9.90 Å². The molecule has 0 saturated heterocycles. The normalized spacial score (nSPS) is 14.9. The molecule has 8 heteroatoms. The Bertz CT molecular complexity index is 1160. The topological polar surface area (TPSA) is 88.4 Å². The number of carboxylic acids is 1. The lowest BCUT2D eigenvalue weighted by Gasteiger charge is -2.28. The van der Waals surface area contributed by atoms with Gasteiger partial charge in [0.25, 0.3) is 0 Å². The van der Waals surface area contributed by atoms with Crippen LogP contribution in [0.5, 0.6) is 0 Å². The molecule has 7 nitrogen and oxygen atoms in total. The number of aliphatic carboxylic acids is 1. The Kier molecular flexibility index (Phi) is 5.94. The minimum atomic E-state index is -1.14. The number of ether oxygens (including phenoxy) is 1. The second-order valence-corrected chi connectivity index (χ2v) is 10.6. The molecule has 1 aliphatic carbocycles. The van der Waals surface area contributed by atoms with Crippen molar-refractivity contribution in [2.24, 2.45) is 0 Å². The molecule has 32 heavy (non-hydrogen) atoms. The highest BCUT2D eigenvalue weighted by Gasteiger charge is 2.34. The zero-order chi connectivity index (χ0) is 23.2. The van der Waals surface area contributed by atoms with Gasteiger partial charge in [-0.2, -0.15) is 0 Å². The molecule has 1 N–H and O–H groups in total. The van der Waals surface area contributed by atoms with E-state index in [0.717, 1.165) is 40.6 Å². The number of aromatic nitrogens is 3. The highest BCUT2D eigenvalue weighted by Crippen LogP contribution is 2.45. The molecule has 0 aromatic carbocycles. The second kappa shape index (κ2) is 8.41. The molecule has 0 aliphatic heterocycles. The Morgan fingerprint density at radius 2 is 1.84 bits per heavy atom. The van der Waals surface area contributed by atoms with Crippen molar-refractivity contribution in [3.05, 3.63) is 34.1 Å². The minimum Gasteiger partial charge on any atom is -0.479 e. The van der Waals surface area contributed by atoms with E-state index < -0.39 is 17.7 Å². The standard InChI is InChI=1S/C24H30N4O3S/c1-13-17(20(22(29)30)31-24(2,3)4)18(14-11-25-23(26-12-14)28(5)6)19-15-9-7-8-10-16(15)32-21(19)27-13/h11-12,20H,7-10H2,1-6H3,(H,29,30). The summed E-state index contributed by atoms with van der Waals surface area (Å²) in [7, 11) is 3.78. The van der Waals surface area contributed by atoms with Gasteiger partial charge in [-0.1, -0.05) is 0 Å². The fraction of sp³-hybridized carbons (Fsp3) is 0.500. The first kappa shape index (κ1) is 22.6. The Hall–Kier alpha value is -2.58. The van der Waals surface area contributed by atoms with Crippen molar-refractivity contribution in [1.29, 1.82) is 0 Å². The summed E-state index contributed by atoms with van der Waals surface area (Å²) in [6.45, 7) is 7.47. The van der Waals surface area contributed by atoms with Crippen LogP contribution in [-0.2, 0) is 22.4 Å². The third kappa shape index (κ3) is 4.21. The van der Waals surface area contributed by atoms with Gasteiger partial charge in [0.15, 0.2) is 6.10 Å². The van der Waals surface area contributed by atoms with Gasteiger partial charge in [0.1, 0.15) is 4.83 Å². The Balaban J connectivity index is 2.05. The minimum absolute atomic E-state index is 0.590. The summed E-state index contributed by atoms with van der Waals surface area (Å²) >= 11 is 1.72. The number of hydrogen-bond acceptors (Lipinski definition) is 7. The summed E-state index contributed by atoms with van der Waals surface area (Å²) in [4.78, 5) is 30.5. The molecule has 0 spiro atoms. The summed E-state index contributed by atoms with van der Waals surface area (Å²) in [5.74, 6) is -0.425. The van der Waals surface area contributed by atoms with Crippen molar-refractivity contribution in [3.63, 3.8) is 0 Å². The highest BCUT2D eigenvalue weighted by atomic mass is 32.1. The average molecular weight is 455 g/mol. The van der Waals surface area contributed by atoms with Crippen molar-refractivity contribution in [1.82, 2.24) is 15.0 Å². The van der Waals surface area contributed by atoms with Gasteiger partial charge in [-0.05, 0) is 58.9 Å². The highest BCUT2D eigenvalue weighted by molar-refractivity contribution is 7.19. The first-order chi connectivity index (χ1) is 15.1. The van der Waals surface area contributed by atoms with E-state index in [2.05, 4.69) is 9.97 Å². The van der Waals surface area contributed by atoms with Gasteiger partial charge in [0.05, 0.1) is 5.60 Å². The van der Waals surface area contributed by atoms with Gasteiger partial charge in [-0.3, -0.25) is 0 Å². The van der Waals surface area contributed by atoms with Crippen LogP contribution in [0, 0.1) is 6.92 Å². The third-order valence-corrected chi connectivity index (χ3v) is 6.80. The van der Waals surface area contributed by atoms with Crippen molar-refractivity contribution < 1.29 is 14.6 Å². The first-order valence-electron chi connectivity index (χ1n) is 10.9. The molecule has 0 fully saturated rings. The SMILES string of the molecule is Cc1nc2sc3c(c2c(-c2cnc(N(C)C)nc2)c1C(OC(C)(C)C)C(=O)O)CCCC3. The van der Waals surface area contributed by atoms with Crippen molar-refractivity contribution in [2.45, 2.75) is 65.1 Å². The van der Waals surface area contributed by atoms with E-state index in [-0.39, 0.29) is 0 Å². The van der Waals surface area contributed by atoms with E-state index in [0.29, 0.717) is 17.2 Å². The zero-order valence-corrected chi connectivity index (χ0v) is 20.3. The van der Waals surface area contributed by atoms with Crippen LogP contribution in [0.15, 0.2) is 12.4 Å². The number of thiophene rings is 1. The molecule has 0 bridgehead atoms. The summed E-state index contributed by atoms with van der Waals surface area (Å²) in [6.07, 6.45) is 6.73. The molecular formula is C24H30N4O3S. The number of nitrogens with zero attached hydrogens (tertiary/aromatic N) is 4. The number of rotatable bonds is 5. The smallest absolute Gasteiger partial charge is 0.337 e. The third-order valence-electron chi connectivity index (χ3n) is 5.62. The molecule has 4 rings (SSSR count). The molecule has 170 valence electrons. The Morgan fingerprint density at radius 3 is 2.44 bits per heavy atom. The summed E-state index contributed by atoms with van der Waals surface area (Å²) < 4.78 is 6.07. The van der Waals surface area contributed by atoms with E-state index >= 15 is 0 Å². The van der Waals surface area contributed by atoms with Crippen LogP contribution in [0.1, 0.15) is 61.4 Å². The zero-order valence-electron chi connectivity index (χ0n) is 19.5. The maximum absolute atomic E-state index is 12.4. The fourth-order valence-electron chi connectivity index (χ4n) is 4.30. The predicted molar refractivity (Wildman–Crippen MR) is 128 cm³/mol. The molecule has 1 aliphatic rings. The number of carboxylic acid groups (broad SMARTS) is 1. The molecule has 3 heterocycles. The van der Waals surface area contributed by atoms with Crippen LogP contribution in [0.3, 0.4) is 0 Å². The van der Waals surface area contributed by atoms with E-state index in [4.69, 9.17) is 9.72 Å². The fourth-order valence-corrected chi connectivity index (χ4v) is 5.62. The molecule has 0 amide bonds. The van der Waals surface area contributed by atoms with Gasteiger partial charge < -0.3 is 14.7 Å². The number of fused-ring (bicyclic) bond motifs is 3. The monoisotopic (exact) mass is 454 g/mol. The lowest BCUT2D eigenvalue weighted by molar-refractivity contribution is -0.160. The average Bonchev–Trinajstić information content (AvgIpc) is 3.08. The summed E-state index contributed by atoms with van der Waals surface area (Å²) in [5, 5.41) is 11.2. The van der Waals surface area contributed by atoms with Crippen molar-refractivity contribution in [2.75, 3.05) is 19.0 Å². The van der Waals surface area contributed by atoms with Gasteiger partial charge in [-0.15, -0.1) is 11.3 Å². The van der Waals surface area contributed by atoms with Crippen LogP contribution in [0.2, 0.25) is 0 Å². The van der Waals surface area contributed by atoms with Crippen LogP contribution in [-0.4, -0.2) is 45.7 Å². The number of pyridine rings is 1. The van der Waals surface area contributed by atoms with Crippen LogP contribution >= 0.6 is 11.3 Å². The van der Waals surface area contributed by atoms with Crippen LogP contribution in [0.4, 0.5) is 5.95 Å². The van der Waals surface area contributed by atoms with E-state index in [1.54, 1.807) is 23.7 Å². The number of carbonyl (C=O) groups is 1. The first-order valence-corrected chi connectivity index (χ1v) is 11.7. The molecule has 1 atom stereocenters. The summed E-state index contributed by atoms with van der Waals surface area (Å²) in [6, 6.07) is 0. The lowest BCUT2D eigenvalue weighted by atomic mass is 9.89. The molecule has 0 saturated carbocycles. The molecule has 3 aromatic rings.